The molecule has 1 aromatic rings. The second-order valence-corrected chi connectivity index (χ2v) is 4.86. The van der Waals surface area contributed by atoms with Crippen molar-refractivity contribution in [3.05, 3.63) is 34.9 Å². The van der Waals surface area contributed by atoms with E-state index in [1.165, 1.54) is 0 Å². The molecule has 0 aliphatic carbocycles. The lowest BCUT2D eigenvalue weighted by molar-refractivity contribution is -0.120. The van der Waals surface area contributed by atoms with Crippen LogP contribution in [0, 0.1) is 5.92 Å². The van der Waals surface area contributed by atoms with Gasteiger partial charge in [-0.1, -0.05) is 37.6 Å². The summed E-state index contributed by atoms with van der Waals surface area (Å²) in [7, 11) is 0. The summed E-state index contributed by atoms with van der Waals surface area (Å²) in [5.74, 6) is 0.569. The maximum absolute atomic E-state index is 11.5. The molecular weight excluding hydrogens is 236 g/mol. The van der Waals surface area contributed by atoms with Crippen molar-refractivity contribution >= 4 is 17.5 Å². The molecule has 0 radical (unpaired) electrons. The first kappa shape index (κ1) is 14.0. The number of halogens is 1. The Morgan fingerprint density at radius 2 is 1.94 bits per heavy atom. The van der Waals surface area contributed by atoms with Gasteiger partial charge in [0.2, 0.25) is 5.91 Å². The van der Waals surface area contributed by atoms with Crippen LogP contribution in [0.25, 0.3) is 0 Å². The minimum atomic E-state index is 0.0144. The van der Waals surface area contributed by atoms with Gasteiger partial charge in [0.25, 0.3) is 0 Å². The maximum Gasteiger partial charge on any atom is 0.234 e. The fourth-order valence-corrected chi connectivity index (χ4v) is 1.47. The zero-order valence-corrected chi connectivity index (χ0v) is 11.1. The molecule has 0 unspecified atom stereocenters. The predicted octanol–water partition coefficient (Wildman–Crippen LogP) is 2.20. The van der Waals surface area contributed by atoms with Crippen LogP contribution in [-0.2, 0) is 11.3 Å². The van der Waals surface area contributed by atoms with Gasteiger partial charge in [-0.2, -0.15) is 0 Å². The van der Waals surface area contributed by atoms with E-state index in [1.807, 2.05) is 24.3 Å². The Morgan fingerprint density at radius 1 is 1.29 bits per heavy atom. The Kier molecular flexibility index (Phi) is 6.01. The van der Waals surface area contributed by atoms with Crippen molar-refractivity contribution in [2.24, 2.45) is 5.92 Å². The Morgan fingerprint density at radius 3 is 2.53 bits per heavy atom. The van der Waals surface area contributed by atoms with Gasteiger partial charge >= 0.3 is 0 Å². The van der Waals surface area contributed by atoms with Gasteiger partial charge in [-0.15, -0.1) is 0 Å². The molecular formula is C13H19ClN2O. The van der Waals surface area contributed by atoms with Crippen LogP contribution in [0.1, 0.15) is 19.4 Å². The van der Waals surface area contributed by atoms with Crippen molar-refractivity contribution in [2.75, 3.05) is 13.1 Å². The van der Waals surface area contributed by atoms with Crippen LogP contribution in [-0.4, -0.2) is 19.0 Å². The molecule has 0 aliphatic heterocycles. The first-order chi connectivity index (χ1) is 8.08. The Labute approximate surface area is 108 Å². The van der Waals surface area contributed by atoms with E-state index in [2.05, 4.69) is 24.5 Å². The van der Waals surface area contributed by atoms with Crippen molar-refractivity contribution in [1.82, 2.24) is 10.6 Å². The van der Waals surface area contributed by atoms with Crippen LogP contribution in [0.2, 0.25) is 5.02 Å². The summed E-state index contributed by atoms with van der Waals surface area (Å²) in [5.41, 5.74) is 1.05. The van der Waals surface area contributed by atoms with E-state index < -0.39 is 0 Å². The molecule has 0 aliphatic rings. The first-order valence-corrected chi connectivity index (χ1v) is 6.17. The molecule has 0 fully saturated rings. The number of hydrogen-bond donors (Lipinski definition) is 2. The molecule has 17 heavy (non-hydrogen) atoms. The third kappa shape index (κ3) is 6.29. The highest BCUT2D eigenvalue weighted by Crippen LogP contribution is 2.08. The molecule has 0 atom stereocenters. The van der Waals surface area contributed by atoms with E-state index in [0.29, 0.717) is 24.0 Å². The summed E-state index contributed by atoms with van der Waals surface area (Å²) in [6.45, 7) is 5.98. The monoisotopic (exact) mass is 254 g/mol. The van der Waals surface area contributed by atoms with Crippen LogP contribution in [0.4, 0.5) is 0 Å². The average molecular weight is 255 g/mol. The van der Waals surface area contributed by atoms with Crippen LogP contribution in [0.5, 0.6) is 0 Å². The normalized spacial score (nSPS) is 10.6. The molecule has 0 saturated carbocycles. The van der Waals surface area contributed by atoms with E-state index in [0.717, 1.165) is 12.1 Å². The standard InChI is InChI=1S/C13H19ClN2O/c1-10(2)7-15-9-13(17)16-8-11-3-5-12(14)6-4-11/h3-6,10,15H,7-9H2,1-2H3,(H,16,17). The van der Waals surface area contributed by atoms with Crippen LogP contribution < -0.4 is 10.6 Å². The minimum Gasteiger partial charge on any atom is -0.351 e. The minimum absolute atomic E-state index is 0.0144. The topological polar surface area (TPSA) is 41.1 Å². The molecule has 1 rings (SSSR count). The highest BCUT2D eigenvalue weighted by Gasteiger charge is 2.01. The lowest BCUT2D eigenvalue weighted by Gasteiger charge is -2.08. The third-order valence-corrected chi connectivity index (χ3v) is 2.49. The van der Waals surface area contributed by atoms with Gasteiger partial charge in [-0.25, -0.2) is 0 Å². The largest absolute Gasteiger partial charge is 0.351 e. The summed E-state index contributed by atoms with van der Waals surface area (Å²) < 4.78 is 0. The Hall–Kier alpha value is -1.06. The summed E-state index contributed by atoms with van der Waals surface area (Å²) in [6, 6.07) is 7.45. The van der Waals surface area contributed by atoms with Crippen molar-refractivity contribution < 1.29 is 4.79 Å². The third-order valence-electron chi connectivity index (χ3n) is 2.24. The van der Waals surface area contributed by atoms with Crippen molar-refractivity contribution in [3.8, 4) is 0 Å². The summed E-state index contributed by atoms with van der Waals surface area (Å²) >= 11 is 5.78. The van der Waals surface area contributed by atoms with Gasteiger partial charge in [0.05, 0.1) is 6.54 Å². The van der Waals surface area contributed by atoms with Gasteiger partial charge in [0.15, 0.2) is 0 Å². The number of amides is 1. The van der Waals surface area contributed by atoms with Gasteiger partial charge in [0, 0.05) is 11.6 Å². The number of benzene rings is 1. The van der Waals surface area contributed by atoms with Crippen LogP contribution in [0.15, 0.2) is 24.3 Å². The second-order valence-electron chi connectivity index (χ2n) is 4.43. The molecule has 0 saturated heterocycles. The number of hydrogen-bond acceptors (Lipinski definition) is 2. The Bertz CT molecular complexity index is 349. The average Bonchev–Trinajstić information content (AvgIpc) is 2.28. The molecule has 0 aromatic heterocycles. The quantitative estimate of drug-likeness (QED) is 0.817. The smallest absolute Gasteiger partial charge is 0.234 e. The molecule has 0 spiro atoms. The van der Waals surface area contributed by atoms with E-state index in [-0.39, 0.29) is 5.91 Å². The Balaban J connectivity index is 2.21. The van der Waals surface area contributed by atoms with Crippen LogP contribution >= 0.6 is 11.6 Å². The number of rotatable bonds is 6. The van der Waals surface area contributed by atoms with E-state index in [9.17, 15) is 4.79 Å². The van der Waals surface area contributed by atoms with Gasteiger partial charge in [0.1, 0.15) is 0 Å². The molecule has 4 heteroatoms. The molecule has 94 valence electrons. The number of carbonyl (C=O) groups is 1. The van der Waals surface area contributed by atoms with Crippen molar-refractivity contribution in [1.29, 1.82) is 0 Å². The van der Waals surface area contributed by atoms with Crippen LogP contribution in [0.3, 0.4) is 0 Å². The highest BCUT2D eigenvalue weighted by atomic mass is 35.5. The zero-order chi connectivity index (χ0) is 12.7. The fourth-order valence-electron chi connectivity index (χ4n) is 1.34. The van der Waals surface area contributed by atoms with Gasteiger partial charge < -0.3 is 10.6 Å². The van der Waals surface area contributed by atoms with Crippen molar-refractivity contribution in [2.45, 2.75) is 20.4 Å². The van der Waals surface area contributed by atoms with E-state index in [4.69, 9.17) is 11.6 Å². The highest BCUT2D eigenvalue weighted by molar-refractivity contribution is 6.30. The molecule has 2 N–H and O–H groups in total. The summed E-state index contributed by atoms with van der Waals surface area (Å²) in [6.07, 6.45) is 0. The molecule has 3 nitrogen and oxygen atoms in total. The zero-order valence-electron chi connectivity index (χ0n) is 10.3. The second kappa shape index (κ2) is 7.30. The molecule has 1 aromatic carbocycles. The van der Waals surface area contributed by atoms with Gasteiger partial charge in [-0.3, -0.25) is 4.79 Å². The lowest BCUT2D eigenvalue weighted by atomic mass is 10.2. The van der Waals surface area contributed by atoms with Gasteiger partial charge in [-0.05, 0) is 30.2 Å². The molecule has 1 amide bonds. The predicted molar refractivity (Wildman–Crippen MR) is 71.0 cm³/mol. The number of carbonyl (C=O) groups excluding carboxylic acids is 1. The fraction of sp³-hybridized carbons (Fsp3) is 0.462. The number of nitrogens with one attached hydrogen (secondary N) is 2. The lowest BCUT2D eigenvalue weighted by Crippen LogP contribution is -2.34. The summed E-state index contributed by atoms with van der Waals surface area (Å²) in [5, 5.41) is 6.65. The summed E-state index contributed by atoms with van der Waals surface area (Å²) in [4.78, 5) is 11.5. The molecule has 0 bridgehead atoms. The first-order valence-electron chi connectivity index (χ1n) is 5.80. The molecule has 0 heterocycles. The van der Waals surface area contributed by atoms with E-state index >= 15 is 0 Å². The van der Waals surface area contributed by atoms with Crippen molar-refractivity contribution in [3.63, 3.8) is 0 Å². The maximum atomic E-state index is 11.5. The SMILES string of the molecule is CC(C)CNCC(=O)NCc1ccc(Cl)cc1. The van der Waals surface area contributed by atoms with E-state index in [1.54, 1.807) is 0 Å².